The number of hydrogen-bond acceptors (Lipinski definition) is 5. The van der Waals surface area contributed by atoms with E-state index < -0.39 is 16.0 Å². The van der Waals surface area contributed by atoms with E-state index in [9.17, 15) is 4.79 Å². The largest absolute Gasteiger partial charge is 0.748 e. The zero-order valence-electron chi connectivity index (χ0n) is 15.6. The predicted molar refractivity (Wildman–Crippen MR) is 105 cm³/mol. The van der Waals surface area contributed by atoms with E-state index in [1.807, 2.05) is 35.0 Å². The quantitative estimate of drug-likeness (QED) is 0.238. The lowest BCUT2D eigenvalue weighted by Gasteiger charge is -1.98. The zero-order chi connectivity index (χ0) is 21.2. The van der Waals surface area contributed by atoms with Crippen molar-refractivity contribution in [1.82, 2.24) is 10.1 Å². The summed E-state index contributed by atoms with van der Waals surface area (Å²) in [4.78, 5) is 20.4. The molecule has 1 amide bonds. The third-order valence-electron chi connectivity index (χ3n) is 4.12. The van der Waals surface area contributed by atoms with Gasteiger partial charge in [-0.3, -0.25) is 9.78 Å². The van der Waals surface area contributed by atoms with Gasteiger partial charge >= 0.3 is 0 Å². The van der Waals surface area contributed by atoms with E-state index in [2.05, 4.69) is 15.1 Å². The third kappa shape index (κ3) is 5.36. The molecule has 0 spiro atoms. The number of amides is 1. The molecule has 1 aliphatic carbocycles. The van der Waals surface area contributed by atoms with Gasteiger partial charge in [-0.1, -0.05) is 10.7 Å². The molecule has 5 N–H and O–H groups in total. The summed E-state index contributed by atoms with van der Waals surface area (Å²) < 4.78 is 29.1. The Hall–Kier alpha value is -3.31. The molecule has 29 heavy (non-hydrogen) atoms. The number of rotatable bonds is 3. The van der Waals surface area contributed by atoms with Gasteiger partial charge in [0.15, 0.2) is 5.96 Å². The molecular weight excluding hydrogens is 396 g/mol. The topological polar surface area (TPSA) is 171 Å². The zero-order valence-corrected chi connectivity index (χ0v) is 16.4. The van der Waals surface area contributed by atoms with Gasteiger partial charge in [-0.05, 0) is 31.0 Å². The molecular formula is C18H20N6O4S. The number of H-pyrrole nitrogens is 1. The van der Waals surface area contributed by atoms with Crippen molar-refractivity contribution in [1.29, 1.82) is 0 Å². The molecule has 1 aliphatic rings. The standard InChI is InChI=1S/C17H16N6O.CH4O3S/c18-17(19)21-16(24)12-9-23(22-15(12)10-6-7-10)14-5-1-4-13-11(14)3-2-8-20-13;1-5(2,3)4/h1-5,8-10H,6-7H2,(H4,18,19,21,24);1H3,(H,2,3,4). The molecule has 10 nitrogen and oxygen atoms in total. The number of aromatic nitrogens is 3. The first-order valence-corrected chi connectivity index (χ1v) is 10.5. The molecule has 152 valence electrons. The van der Waals surface area contributed by atoms with E-state index in [0.717, 1.165) is 35.1 Å². The first-order valence-electron chi connectivity index (χ1n) is 8.67. The number of fused-ring (bicyclic) bond motifs is 1. The molecule has 1 fully saturated rings. The minimum atomic E-state index is -3.92. The Morgan fingerprint density at radius 1 is 1.28 bits per heavy atom. The molecule has 0 unspecified atom stereocenters. The fourth-order valence-corrected chi connectivity index (χ4v) is 2.88. The second-order valence-electron chi connectivity index (χ2n) is 6.61. The van der Waals surface area contributed by atoms with Crippen LogP contribution in [-0.4, -0.2) is 41.2 Å². The molecule has 0 atom stereocenters. The van der Waals surface area contributed by atoms with Crippen LogP contribution < -0.4 is 16.1 Å². The fraction of sp³-hybridized carbons (Fsp3) is 0.222. The Bertz CT molecular complexity index is 1180. The summed E-state index contributed by atoms with van der Waals surface area (Å²) in [5, 5.41) is 4.32. The number of hydrogen-bond donors (Lipinski definition) is 3. The molecule has 2 aromatic heterocycles. The Balaban J connectivity index is 0.000000431. The highest BCUT2D eigenvalue weighted by Gasteiger charge is 2.34. The van der Waals surface area contributed by atoms with Crippen molar-refractivity contribution in [2.45, 2.75) is 18.8 Å². The van der Waals surface area contributed by atoms with E-state index in [-0.39, 0.29) is 5.96 Å². The van der Waals surface area contributed by atoms with E-state index in [4.69, 9.17) is 24.4 Å². The molecule has 0 aliphatic heterocycles. The highest BCUT2D eigenvalue weighted by atomic mass is 32.2. The van der Waals surface area contributed by atoms with E-state index in [1.165, 1.54) is 0 Å². The number of nitrogens with zero attached hydrogens (tertiary/aromatic N) is 3. The second kappa shape index (κ2) is 7.97. The molecule has 11 heteroatoms. The molecule has 4 rings (SSSR count). The first kappa shape index (κ1) is 20.4. The van der Waals surface area contributed by atoms with Crippen molar-refractivity contribution in [2.24, 2.45) is 16.5 Å². The minimum Gasteiger partial charge on any atom is -0.748 e. The van der Waals surface area contributed by atoms with Crippen LogP contribution >= 0.6 is 0 Å². The monoisotopic (exact) mass is 416 g/mol. The van der Waals surface area contributed by atoms with Crippen LogP contribution in [0.25, 0.3) is 16.6 Å². The number of nitrogens with one attached hydrogen (secondary N) is 1. The smallest absolute Gasteiger partial charge is 0.288 e. The molecule has 0 saturated heterocycles. The summed E-state index contributed by atoms with van der Waals surface area (Å²) in [6.45, 7) is 0. The predicted octanol–water partition coefficient (Wildman–Crippen LogP) is 0.292. The van der Waals surface area contributed by atoms with Crippen molar-refractivity contribution in [2.75, 3.05) is 6.26 Å². The maximum Gasteiger partial charge on any atom is 0.288 e. The van der Waals surface area contributed by atoms with Gasteiger partial charge in [0.05, 0.1) is 26.7 Å². The Morgan fingerprint density at radius 3 is 2.59 bits per heavy atom. The van der Waals surface area contributed by atoms with Crippen molar-refractivity contribution >= 4 is 32.9 Å². The number of carbonyl (C=O) groups is 1. The van der Waals surface area contributed by atoms with Crippen molar-refractivity contribution < 1.29 is 22.4 Å². The molecule has 1 saturated carbocycles. The average Bonchev–Trinajstić information content (AvgIpc) is 3.37. The van der Waals surface area contributed by atoms with Gasteiger partial charge in [0.25, 0.3) is 5.91 Å². The number of guanidine groups is 1. The van der Waals surface area contributed by atoms with Gasteiger partial charge in [0.2, 0.25) is 11.9 Å². The van der Waals surface area contributed by atoms with Crippen LogP contribution in [0.1, 0.15) is 34.8 Å². The highest BCUT2D eigenvalue weighted by Crippen LogP contribution is 2.40. The van der Waals surface area contributed by atoms with Crippen molar-refractivity contribution in [3.63, 3.8) is 0 Å². The van der Waals surface area contributed by atoms with Crippen molar-refractivity contribution in [3.8, 4) is 5.69 Å². The summed E-state index contributed by atoms with van der Waals surface area (Å²) in [6.07, 6.45) is 6.23. The fourth-order valence-electron chi connectivity index (χ4n) is 2.88. The summed E-state index contributed by atoms with van der Waals surface area (Å²) in [5.74, 6) is -0.304. The van der Waals surface area contributed by atoms with Crippen LogP contribution in [0.4, 0.5) is 0 Å². The van der Waals surface area contributed by atoms with Gasteiger partial charge in [0, 0.05) is 24.4 Å². The molecule has 0 radical (unpaired) electrons. The Kier molecular flexibility index (Phi) is 5.62. The molecule has 1 aromatic carbocycles. The van der Waals surface area contributed by atoms with Crippen LogP contribution in [0.5, 0.6) is 0 Å². The third-order valence-corrected chi connectivity index (χ3v) is 4.12. The number of aromatic amines is 1. The number of pyridine rings is 1. The van der Waals surface area contributed by atoms with E-state index in [1.54, 1.807) is 12.4 Å². The summed E-state index contributed by atoms with van der Waals surface area (Å²) in [5.41, 5.74) is 13.9. The lowest BCUT2D eigenvalue weighted by molar-refractivity contribution is -0.654. The van der Waals surface area contributed by atoms with E-state index >= 15 is 0 Å². The first-order chi connectivity index (χ1) is 13.6. The Labute approximate surface area is 167 Å². The van der Waals surface area contributed by atoms with Crippen molar-refractivity contribution in [3.05, 3.63) is 54.0 Å². The number of aliphatic imine (C=N–C) groups is 1. The molecule has 3 aromatic rings. The lowest BCUT2D eigenvalue weighted by atomic mass is 10.1. The number of nitrogens with two attached hydrogens (primary N) is 2. The van der Waals surface area contributed by atoms with Gasteiger partial charge in [-0.25, -0.2) is 8.42 Å². The summed E-state index contributed by atoms with van der Waals surface area (Å²) in [7, 11) is -3.92. The average molecular weight is 416 g/mol. The maximum absolute atomic E-state index is 12.3. The van der Waals surface area contributed by atoms with E-state index in [0.29, 0.717) is 17.7 Å². The SMILES string of the molecule is CS(=O)(=O)[O-].NC(N)=NC(=O)c1c[n+](-c2cccc3ncccc23)[nH]c1C1CC1. The minimum absolute atomic E-state index is 0.233. The number of benzene rings is 1. The van der Waals surface area contributed by atoms with Gasteiger partial charge in [-0.15, -0.1) is 0 Å². The Morgan fingerprint density at radius 2 is 1.97 bits per heavy atom. The van der Waals surface area contributed by atoms with Gasteiger partial charge in [-0.2, -0.15) is 10.1 Å². The van der Waals surface area contributed by atoms with Crippen LogP contribution in [0, 0.1) is 0 Å². The van der Waals surface area contributed by atoms with Gasteiger partial charge in [0.1, 0.15) is 5.56 Å². The van der Waals surface area contributed by atoms with Crippen LogP contribution in [-0.2, 0) is 10.1 Å². The normalized spacial score (nSPS) is 13.4. The van der Waals surface area contributed by atoms with Crippen LogP contribution in [0.15, 0.2) is 47.7 Å². The summed E-state index contributed by atoms with van der Waals surface area (Å²) in [6, 6.07) is 9.76. The molecule has 2 heterocycles. The van der Waals surface area contributed by atoms with Crippen LogP contribution in [0.3, 0.4) is 0 Å². The van der Waals surface area contributed by atoms with Crippen LogP contribution in [0.2, 0.25) is 0 Å². The second-order valence-corrected chi connectivity index (χ2v) is 8.01. The highest BCUT2D eigenvalue weighted by molar-refractivity contribution is 7.84. The van der Waals surface area contributed by atoms with Gasteiger partial charge < -0.3 is 16.0 Å². The lowest BCUT2D eigenvalue weighted by Crippen LogP contribution is -2.32. The number of carbonyl (C=O) groups excluding carboxylic acids is 1. The maximum atomic E-state index is 12.3. The summed E-state index contributed by atoms with van der Waals surface area (Å²) >= 11 is 0. The molecule has 0 bridgehead atoms.